The number of ketones is 1. The van der Waals surface area contributed by atoms with Crippen molar-refractivity contribution in [3.8, 4) is 6.07 Å². The first kappa shape index (κ1) is 13.9. The maximum absolute atomic E-state index is 12.2. The Bertz CT molecular complexity index is 687. The van der Waals surface area contributed by atoms with Gasteiger partial charge in [0, 0.05) is 22.5 Å². The maximum atomic E-state index is 12.2. The number of halogens is 1. The van der Waals surface area contributed by atoms with Crippen molar-refractivity contribution in [3.63, 3.8) is 0 Å². The fourth-order valence-corrected chi connectivity index (χ4v) is 1.81. The summed E-state index contributed by atoms with van der Waals surface area (Å²) in [4.78, 5) is 12.2. The molecule has 0 saturated carbocycles. The molecule has 2 rings (SSSR count). The van der Waals surface area contributed by atoms with Gasteiger partial charge in [-0.15, -0.1) is 0 Å². The van der Waals surface area contributed by atoms with Crippen LogP contribution in [0.3, 0.4) is 0 Å². The Labute approximate surface area is 122 Å². The highest BCUT2D eigenvalue weighted by molar-refractivity contribution is 6.31. The van der Waals surface area contributed by atoms with Gasteiger partial charge in [-0.1, -0.05) is 41.9 Å². The number of allylic oxidation sites excluding steroid dienone is 1. The summed E-state index contributed by atoms with van der Waals surface area (Å²) in [5.41, 5.74) is 1.22. The number of para-hydroxylation sites is 1. The van der Waals surface area contributed by atoms with Crippen LogP contribution in [0.4, 0.5) is 5.69 Å². The topological polar surface area (TPSA) is 52.9 Å². The zero-order valence-electron chi connectivity index (χ0n) is 10.5. The molecule has 2 aromatic rings. The molecule has 4 heteroatoms. The Balaban J connectivity index is 2.20. The molecule has 2 aromatic carbocycles. The minimum absolute atomic E-state index is 0.0242. The molecule has 0 radical (unpaired) electrons. The summed E-state index contributed by atoms with van der Waals surface area (Å²) < 4.78 is 0. The molecule has 0 unspecified atom stereocenters. The molecule has 0 atom stereocenters. The third-order valence-corrected chi connectivity index (χ3v) is 2.84. The second-order valence-electron chi connectivity index (χ2n) is 4.02. The van der Waals surface area contributed by atoms with Gasteiger partial charge in [-0.3, -0.25) is 4.79 Å². The summed E-state index contributed by atoms with van der Waals surface area (Å²) in [6.07, 6.45) is 1.40. The van der Waals surface area contributed by atoms with Gasteiger partial charge in [-0.2, -0.15) is 5.26 Å². The summed E-state index contributed by atoms with van der Waals surface area (Å²) in [6.45, 7) is 0. The first-order valence-electron chi connectivity index (χ1n) is 5.93. The largest absolute Gasteiger partial charge is 0.360 e. The van der Waals surface area contributed by atoms with Crippen LogP contribution >= 0.6 is 11.6 Å². The van der Waals surface area contributed by atoms with Gasteiger partial charge < -0.3 is 5.32 Å². The number of carbonyl (C=O) groups is 1. The molecule has 0 aliphatic heterocycles. The minimum Gasteiger partial charge on any atom is -0.360 e. The van der Waals surface area contributed by atoms with E-state index in [1.807, 2.05) is 36.4 Å². The van der Waals surface area contributed by atoms with Crippen molar-refractivity contribution in [1.82, 2.24) is 0 Å². The third kappa shape index (κ3) is 3.47. The quantitative estimate of drug-likeness (QED) is 0.523. The number of Topliss-reactive ketones (excluding diaryl/α,β-unsaturated/α-hetero) is 1. The van der Waals surface area contributed by atoms with Crippen LogP contribution in [0.15, 0.2) is 66.4 Å². The summed E-state index contributed by atoms with van der Waals surface area (Å²) in [5.74, 6) is -0.363. The number of nitrogens with zero attached hydrogens (tertiary/aromatic N) is 1. The van der Waals surface area contributed by atoms with Crippen molar-refractivity contribution in [1.29, 1.82) is 5.26 Å². The number of hydrogen-bond donors (Lipinski definition) is 1. The SMILES string of the molecule is N#CC(=CNc1ccccc1)C(=O)c1cccc(Cl)c1. The number of benzene rings is 2. The highest BCUT2D eigenvalue weighted by atomic mass is 35.5. The molecule has 0 amide bonds. The molecule has 0 heterocycles. The van der Waals surface area contributed by atoms with Gasteiger partial charge in [0.15, 0.2) is 0 Å². The van der Waals surface area contributed by atoms with Gasteiger partial charge in [0.05, 0.1) is 0 Å². The van der Waals surface area contributed by atoms with Crippen molar-refractivity contribution in [3.05, 3.63) is 77.0 Å². The molecule has 0 aliphatic rings. The van der Waals surface area contributed by atoms with Crippen LogP contribution in [0.1, 0.15) is 10.4 Å². The van der Waals surface area contributed by atoms with Crippen LogP contribution in [0.2, 0.25) is 5.02 Å². The molecule has 20 heavy (non-hydrogen) atoms. The molecule has 98 valence electrons. The van der Waals surface area contributed by atoms with Gasteiger partial charge in [0.1, 0.15) is 11.6 Å². The lowest BCUT2D eigenvalue weighted by molar-refractivity contribution is 0.103. The van der Waals surface area contributed by atoms with Crippen molar-refractivity contribution < 1.29 is 4.79 Å². The fraction of sp³-hybridized carbons (Fsp3) is 0. The predicted molar refractivity (Wildman–Crippen MR) is 79.5 cm³/mol. The number of hydrogen-bond acceptors (Lipinski definition) is 3. The molecule has 0 spiro atoms. The molecule has 1 N–H and O–H groups in total. The van der Waals surface area contributed by atoms with E-state index in [0.717, 1.165) is 5.69 Å². The van der Waals surface area contributed by atoms with E-state index >= 15 is 0 Å². The molecule has 0 aromatic heterocycles. The second-order valence-corrected chi connectivity index (χ2v) is 4.46. The van der Waals surface area contributed by atoms with Crippen molar-refractivity contribution in [2.75, 3.05) is 5.32 Å². The maximum Gasteiger partial charge on any atom is 0.205 e. The number of carbonyl (C=O) groups excluding carboxylic acids is 1. The van der Waals surface area contributed by atoms with E-state index in [0.29, 0.717) is 10.6 Å². The second kappa shape index (κ2) is 6.55. The number of rotatable bonds is 4. The minimum atomic E-state index is -0.363. The first-order chi connectivity index (χ1) is 9.70. The fourth-order valence-electron chi connectivity index (χ4n) is 1.62. The third-order valence-electron chi connectivity index (χ3n) is 2.61. The summed E-state index contributed by atoms with van der Waals surface area (Å²) in [6, 6.07) is 17.7. The van der Waals surface area contributed by atoms with Crippen LogP contribution in [0, 0.1) is 11.3 Å². The average molecular weight is 283 g/mol. The van der Waals surface area contributed by atoms with Gasteiger partial charge >= 0.3 is 0 Å². The first-order valence-corrected chi connectivity index (χ1v) is 6.30. The smallest absolute Gasteiger partial charge is 0.205 e. The van der Waals surface area contributed by atoms with Crippen LogP contribution in [-0.4, -0.2) is 5.78 Å². The lowest BCUT2D eigenvalue weighted by Crippen LogP contribution is -2.04. The predicted octanol–water partition coefficient (Wildman–Crippen LogP) is 4.04. The number of nitriles is 1. The van der Waals surface area contributed by atoms with E-state index in [2.05, 4.69) is 5.32 Å². The van der Waals surface area contributed by atoms with Crippen molar-refractivity contribution in [2.45, 2.75) is 0 Å². The summed E-state index contributed by atoms with van der Waals surface area (Å²) in [5, 5.41) is 12.5. The molecule has 3 nitrogen and oxygen atoms in total. The molecular weight excluding hydrogens is 272 g/mol. The highest BCUT2D eigenvalue weighted by Crippen LogP contribution is 2.15. The van der Waals surface area contributed by atoms with Crippen LogP contribution < -0.4 is 5.32 Å². The van der Waals surface area contributed by atoms with Gasteiger partial charge in [-0.25, -0.2) is 0 Å². The number of nitrogens with one attached hydrogen (secondary N) is 1. The zero-order chi connectivity index (χ0) is 14.4. The monoisotopic (exact) mass is 282 g/mol. The van der Waals surface area contributed by atoms with Gasteiger partial charge in [0.25, 0.3) is 0 Å². The Kier molecular flexibility index (Phi) is 4.54. The Morgan fingerprint density at radius 1 is 1.15 bits per heavy atom. The Morgan fingerprint density at radius 2 is 1.90 bits per heavy atom. The van der Waals surface area contributed by atoms with Crippen LogP contribution in [0.5, 0.6) is 0 Å². The van der Waals surface area contributed by atoms with E-state index in [1.54, 1.807) is 18.2 Å². The van der Waals surface area contributed by atoms with Crippen molar-refractivity contribution in [2.24, 2.45) is 0 Å². The average Bonchev–Trinajstić information content (AvgIpc) is 2.48. The van der Waals surface area contributed by atoms with E-state index in [1.165, 1.54) is 12.3 Å². The molecule has 0 bridgehead atoms. The lowest BCUT2D eigenvalue weighted by Gasteiger charge is -2.02. The van der Waals surface area contributed by atoms with Gasteiger partial charge in [0.2, 0.25) is 5.78 Å². The Hall–Kier alpha value is -2.57. The molecular formula is C16H11ClN2O. The molecule has 0 fully saturated rings. The lowest BCUT2D eigenvalue weighted by atomic mass is 10.1. The number of anilines is 1. The summed E-state index contributed by atoms with van der Waals surface area (Å²) in [7, 11) is 0. The van der Waals surface area contributed by atoms with E-state index < -0.39 is 0 Å². The van der Waals surface area contributed by atoms with Crippen LogP contribution in [-0.2, 0) is 0 Å². The van der Waals surface area contributed by atoms with Crippen molar-refractivity contribution >= 4 is 23.1 Å². The molecule has 0 aliphatic carbocycles. The normalized spacial score (nSPS) is 10.7. The van der Waals surface area contributed by atoms with Crippen LogP contribution in [0.25, 0.3) is 0 Å². The summed E-state index contributed by atoms with van der Waals surface area (Å²) >= 11 is 5.84. The van der Waals surface area contributed by atoms with Gasteiger partial charge in [-0.05, 0) is 24.3 Å². The van der Waals surface area contributed by atoms with E-state index in [9.17, 15) is 4.79 Å². The van der Waals surface area contributed by atoms with E-state index in [4.69, 9.17) is 16.9 Å². The zero-order valence-corrected chi connectivity index (χ0v) is 11.3. The Morgan fingerprint density at radius 3 is 2.55 bits per heavy atom. The highest BCUT2D eigenvalue weighted by Gasteiger charge is 2.12. The van der Waals surface area contributed by atoms with E-state index in [-0.39, 0.29) is 11.4 Å². The molecule has 0 saturated heterocycles. The standard InChI is InChI=1S/C16H11ClN2O/c17-14-6-4-5-12(9-14)16(20)13(10-18)11-19-15-7-2-1-3-8-15/h1-9,11,19H.